The molecule has 0 atom stereocenters. The van der Waals surface area contributed by atoms with Gasteiger partial charge in [0, 0.05) is 9.26 Å². The van der Waals surface area contributed by atoms with Crippen LogP contribution in [0.2, 0.25) is 0 Å². The van der Waals surface area contributed by atoms with Gasteiger partial charge in [0.1, 0.15) is 5.56 Å². The Morgan fingerprint density at radius 3 is 2.39 bits per heavy atom. The highest BCUT2D eigenvalue weighted by Crippen LogP contribution is 2.32. The topological polar surface area (TPSA) is 95.9 Å². The summed E-state index contributed by atoms with van der Waals surface area (Å²) in [6.07, 6.45) is 0. The zero-order chi connectivity index (χ0) is 17.0. The highest BCUT2D eigenvalue weighted by atomic mass is 127. The molecule has 0 saturated heterocycles. The van der Waals surface area contributed by atoms with Crippen molar-refractivity contribution in [2.45, 2.75) is 6.92 Å². The van der Waals surface area contributed by atoms with Gasteiger partial charge >= 0.3 is 5.97 Å². The standard InChI is InChI=1S/C16H14INO5/c1-9-2-7-12(15(21)14(9)20)16(22)23-8-13(19)18-11-5-3-10(17)4-6-11/h2-7,20-21H,8H2,1H3,(H,18,19). The maximum absolute atomic E-state index is 11.9. The summed E-state index contributed by atoms with van der Waals surface area (Å²) in [5, 5.41) is 21.9. The number of esters is 1. The van der Waals surface area contributed by atoms with Gasteiger partial charge in [0.15, 0.2) is 18.1 Å². The monoisotopic (exact) mass is 427 g/mol. The summed E-state index contributed by atoms with van der Waals surface area (Å²) in [7, 11) is 0. The minimum Gasteiger partial charge on any atom is -0.504 e. The number of benzene rings is 2. The van der Waals surface area contributed by atoms with Gasteiger partial charge in [0.25, 0.3) is 5.91 Å². The Balaban J connectivity index is 1.95. The van der Waals surface area contributed by atoms with Crippen LogP contribution in [0.3, 0.4) is 0 Å². The van der Waals surface area contributed by atoms with E-state index < -0.39 is 24.2 Å². The van der Waals surface area contributed by atoms with E-state index in [-0.39, 0.29) is 11.3 Å². The van der Waals surface area contributed by atoms with Crippen LogP contribution in [0.1, 0.15) is 15.9 Å². The molecule has 1 amide bonds. The maximum atomic E-state index is 11.9. The van der Waals surface area contributed by atoms with Crippen molar-refractivity contribution >= 4 is 40.2 Å². The highest BCUT2D eigenvalue weighted by molar-refractivity contribution is 14.1. The molecule has 0 aromatic heterocycles. The third kappa shape index (κ3) is 4.35. The van der Waals surface area contributed by atoms with E-state index in [0.29, 0.717) is 11.3 Å². The van der Waals surface area contributed by atoms with Crippen LogP contribution >= 0.6 is 22.6 Å². The number of halogens is 1. The van der Waals surface area contributed by atoms with Crippen LogP contribution in [0.4, 0.5) is 5.69 Å². The summed E-state index contributed by atoms with van der Waals surface area (Å²) in [6.45, 7) is 1.08. The summed E-state index contributed by atoms with van der Waals surface area (Å²) < 4.78 is 5.87. The van der Waals surface area contributed by atoms with Gasteiger partial charge in [-0.25, -0.2) is 4.79 Å². The zero-order valence-electron chi connectivity index (χ0n) is 12.2. The Bertz CT molecular complexity index is 743. The number of carbonyl (C=O) groups is 2. The van der Waals surface area contributed by atoms with E-state index in [4.69, 9.17) is 4.74 Å². The lowest BCUT2D eigenvalue weighted by molar-refractivity contribution is -0.119. The number of aryl methyl sites for hydroxylation is 1. The summed E-state index contributed by atoms with van der Waals surface area (Å²) in [4.78, 5) is 23.6. The molecule has 120 valence electrons. The minimum absolute atomic E-state index is 0.199. The van der Waals surface area contributed by atoms with Crippen LogP contribution in [-0.4, -0.2) is 28.7 Å². The first-order chi connectivity index (χ1) is 10.9. The molecule has 0 bridgehead atoms. The first kappa shape index (κ1) is 17.1. The van der Waals surface area contributed by atoms with Crippen molar-refractivity contribution in [2.75, 3.05) is 11.9 Å². The molecule has 2 aromatic carbocycles. The molecule has 0 aliphatic carbocycles. The Morgan fingerprint density at radius 1 is 1.09 bits per heavy atom. The van der Waals surface area contributed by atoms with Crippen molar-refractivity contribution in [3.05, 3.63) is 51.1 Å². The number of hydrogen-bond acceptors (Lipinski definition) is 5. The molecular formula is C16H14INO5. The van der Waals surface area contributed by atoms with Gasteiger partial charge in [-0.1, -0.05) is 6.07 Å². The number of anilines is 1. The number of hydrogen-bond donors (Lipinski definition) is 3. The first-order valence-electron chi connectivity index (χ1n) is 6.62. The van der Waals surface area contributed by atoms with Gasteiger partial charge < -0.3 is 20.3 Å². The molecule has 0 aliphatic heterocycles. The van der Waals surface area contributed by atoms with Crippen molar-refractivity contribution in [1.29, 1.82) is 0 Å². The molecule has 23 heavy (non-hydrogen) atoms. The van der Waals surface area contributed by atoms with E-state index in [9.17, 15) is 19.8 Å². The van der Waals surface area contributed by atoms with Crippen molar-refractivity contribution in [3.8, 4) is 11.5 Å². The summed E-state index contributed by atoms with van der Waals surface area (Å²) in [5.74, 6) is -2.35. The second-order valence-electron chi connectivity index (χ2n) is 4.76. The van der Waals surface area contributed by atoms with Gasteiger partial charge in [-0.3, -0.25) is 4.79 Å². The molecule has 6 nitrogen and oxygen atoms in total. The van der Waals surface area contributed by atoms with E-state index in [1.807, 2.05) is 12.1 Å². The van der Waals surface area contributed by atoms with Crippen molar-refractivity contribution < 1.29 is 24.5 Å². The minimum atomic E-state index is -0.893. The Morgan fingerprint density at radius 2 is 1.74 bits per heavy atom. The molecular weight excluding hydrogens is 413 g/mol. The average molecular weight is 427 g/mol. The van der Waals surface area contributed by atoms with Crippen LogP contribution < -0.4 is 5.32 Å². The Hall–Kier alpha value is -2.29. The lowest BCUT2D eigenvalue weighted by Crippen LogP contribution is -2.21. The van der Waals surface area contributed by atoms with E-state index in [1.54, 1.807) is 19.1 Å². The average Bonchev–Trinajstić information content (AvgIpc) is 2.53. The second kappa shape index (κ2) is 7.32. The Kier molecular flexibility index (Phi) is 5.43. The number of rotatable bonds is 4. The number of amides is 1. The molecule has 7 heteroatoms. The van der Waals surface area contributed by atoms with Crippen LogP contribution in [0, 0.1) is 10.5 Å². The lowest BCUT2D eigenvalue weighted by atomic mass is 10.1. The predicted octanol–water partition coefficient (Wildman–Crippen LogP) is 2.81. The molecule has 2 aromatic rings. The van der Waals surface area contributed by atoms with Crippen molar-refractivity contribution in [1.82, 2.24) is 0 Å². The first-order valence-corrected chi connectivity index (χ1v) is 7.70. The third-order valence-corrected chi connectivity index (χ3v) is 3.75. The summed E-state index contributed by atoms with van der Waals surface area (Å²) in [5.41, 5.74) is 0.813. The van der Waals surface area contributed by atoms with Crippen LogP contribution in [0.25, 0.3) is 0 Å². The fourth-order valence-corrected chi connectivity index (χ4v) is 2.14. The second-order valence-corrected chi connectivity index (χ2v) is 6.00. The molecule has 0 unspecified atom stereocenters. The maximum Gasteiger partial charge on any atom is 0.342 e. The van der Waals surface area contributed by atoms with Crippen LogP contribution in [0.15, 0.2) is 36.4 Å². The summed E-state index contributed by atoms with van der Waals surface area (Å²) >= 11 is 2.14. The highest BCUT2D eigenvalue weighted by Gasteiger charge is 2.18. The van der Waals surface area contributed by atoms with Gasteiger partial charge in [-0.05, 0) is 65.4 Å². The predicted molar refractivity (Wildman–Crippen MR) is 92.6 cm³/mol. The summed E-state index contributed by atoms with van der Waals surface area (Å²) in [6, 6.07) is 9.91. The smallest absolute Gasteiger partial charge is 0.342 e. The fraction of sp³-hybridized carbons (Fsp3) is 0.125. The molecule has 2 rings (SSSR count). The van der Waals surface area contributed by atoms with Crippen molar-refractivity contribution in [2.24, 2.45) is 0 Å². The third-order valence-electron chi connectivity index (χ3n) is 3.04. The normalized spacial score (nSPS) is 10.2. The number of ether oxygens (including phenoxy) is 1. The molecule has 0 radical (unpaired) electrons. The number of carbonyl (C=O) groups excluding carboxylic acids is 2. The van der Waals surface area contributed by atoms with Gasteiger partial charge in [-0.2, -0.15) is 0 Å². The molecule has 0 fully saturated rings. The van der Waals surface area contributed by atoms with Crippen LogP contribution in [-0.2, 0) is 9.53 Å². The van der Waals surface area contributed by atoms with E-state index in [2.05, 4.69) is 27.9 Å². The van der Waals surface area contributed by atoms with E-state index >= 15 is 0 Å². The number of phenols is 2. The molecule has 3 N–H and O–H groups in total. The lowest BCUT2D eigenvalue weighted by Gasteiger charge is -2.09. The van der Waals surface area contributed by atoms with Gasteiger partial charge in [-0.15, -0.1) is 0 Å². The molecule has 0 heterocycles. The fourth-order valence-electron chi connectivity index (χ4n) is 1.78. The quantitative estimate of drug-likeness (QED) is 0.396. The molecule has 0 spiro atoms. The molecule has 0 saturated carbocycles. The SMILES string of the molecule is Cc1ccc(C(=O)OCC(=O)Nc2ccc(I)cc2)c(O)c1O. The van der Waals surface area contributed by atoms with E-state index in [1.165, 1.54) is 12.1 Å². The number of nitrogens with one attached hydrogen (secondary N) is 1. The van der Waals surface area contributed by atoms with Crippen molar-refractivity contribution in [3.63, 3.8) is 0 Å². The number of phenolic OH excluding ortho intramolecular Hbond substituents is 2. The van der Waals surface area contributed by atoms with E-state index in [0.717, 1.165) is 3.57 Å². The van der Waals surface area contributed by atoms with Crippen LogP contribution in [0.5, 0.6) is 11.5 Å². The molecule has 0 aliphatic rings. The van der Waals surface area contributed by atoms with Gasteiger partial charge in [0.05, 0.1) is 0 Å². The van der Waals surface area contributed by atoms with Gasteiger partial charge in [0.2, 0.25) is 0 Å². The largest absolute Gasteiger partial charge is 0.504 e. The number of aromatic hydroxyl groups is 2. The Labute approximate surface area is 146 Å². The zero-order valence-corrected chi connectivity index (χ0v) is 14.3.